The highest BCUT2D eigenvalue weighted by atomic mass is 79.9. The first-order valence-electron chi connectivity index (χ1n) is 4.57. The number of rotatable bonds is 2. The average Bonchev–Trinajstić information content (AvgIpc) is 2.06. The largest absolute Gasteiger partial charge is 0.308 e. The van der Waals surface area contributed by atoms with Crippen LogP contribution in [0.15, 0.2) is 22.7 Å². The summed E-state index contributed by atoms with van der Waals surface area (Å²) in [7, 11) is 0. The van der Waals surface area contributed by atoms with Crippen LogP contribution in [0.1, 0.15) is 26.3 Å². The SMILES string of the molecule is CC(C)(C)NCc1ccc(Cl)c(Br)c1. The zero-order chi connectivity index (χ0) is 10.8. The van der Waals surface area contributed by atoms with E-state index < -0.39 is 0 Å². The zero-order valence-electron chi connectivity index (χ0n) is 8.70. The van der Waals surface area contributed by atoms with Crippen LogP contribution < -0.4 is 5.32 Å². The van der Waals surface area contributed by atoms with Crippen LogP contribution in [-0.2, 0) is 6.54 Å². The summed E-state index contributed by atoms with van der Waals surface area (Å²) in [5.74, 6) is 0. The molecule has 1 rings (SSSR count). The molecule has 0 spiro atoms. The maximum absolute atomic E-state index is 5.90. The van der Waals surface area contributed by atoms with Gasteiger partial charge in [0, 0.05) is 16.6 Å². The Morgan fingerprint density at radius 1 is 1.36 bits per heavy atom. The van der Waals surface area contributed by atoms with Gasteiger partial charge in [-0.25, -0.2) is 0 Å². The Kier molecular flexibility index (Phi) is 3.99. The fraction of sp³-hybridized carbons (Fsp3) is 0.455. The van der Waals surface area contributed by atoms with Crippen LogP contribution in [0.5, 0.6) is 0 Å². The van der Waals surface area contributed by atoms with Crippen molar-refractivity contribution in [1.29, 1.82) is 0 Å². The minimum absolute atomic E-state index is 0.145. The van der Waals surface area contributed by atoms with Crippen LogP contribution in [-0.4, -0.2) is 5.54 Å². The van der Waals surface area contributed by atoms with Crippen molar-refractivity contribution in [2.24, 2.45) is 0 Å². The first kappa shape index (κ1) is 12.0. The van der Waals surface area contributed by atoms with Gasteiger partial charge in [0.05, 0.1) is 5.02 Å². The van der Waals surface area contributed by atoms with E-state index in [2.05, 4.69) is 42.0 Å². The molecule has 1 aromatic rings. The number of hydrogen-bond acceptors (Lipinski definition) is 1. The summed E-state index contributed by atoms with van der Waals surface area (Å²) in [6, 6.07) is 5.98. The van der Waals surface area contributed by atoms with E-state index in [1.807, 2.05) is 18.2 Å². The van der Waals surface area contributed by atoms with E-state index in [9.17, 15) is 0 Å². The number of benzene rings is 1. The van der Waals surface area contributed by atoms with Gasteiger partial charge in [0.2, 0.25) is 0 Å². The number of hydrogen-bond donors (Lipinski definition) is 1. The number of nitrogens with one attached hydrogen (secondary N) is 1. The van der Waals surface area contributed by atoms with Crippen molar-refractivity contribution in [2.45, 2.75) is 32.9 Å². The monoisotopic (exact) mass is 275 g/mol. The van der Waals surface area contributed by atoms with Crippen molar-refractivity contribution < 1.29 is 0 Å². The van der Waals surface area contributed by atoms with E-state index in [-0.39, 0.29) is 5.54 Å². The molecule has 0 saturated heterocycles. The van der Waals surface area contributed by atoms with Gasteiger partial charge in [0.15, 0.2) is 0 Å². The van der Waals surface area contributed by atoms with Gasteiger partial charge in [-0.3, -0.25) is 0 Å². The van der Waals surface area contributed by atoms with Gasteiger partial charge in [-0.15, -0.1) is 0 Å². The molecule has 14 heavy (non-hydrogen) atoms. The summed E-state index contributed by atoms with van der Waals surface area (Å²) in [4.78, 5) is 0. The van der Waals surface area contributed by atoms with E-state index in [4.69, 9.17) is 11.6 Å². The Hall–Kier alpha value is -0.0500. The quantitative estimate of drug-likeness (QED) is 0.861. The molecule has 3 heteroatoms. The van der Waals surface area contributed by atoms with Gasteiger partial charge in [0.1, 0.15) is 0 Å². The lowest BCUT2D eigenvalue weighted by atomic mass is 10.1. The lowest BCUT2D eigenvalue weighted by molar-refractivity contribution is 0.424. The Labute approximate surface area is 99.0 Å². The third kappa shape index (κ3) is 3.99. The molecule has 0 bridgehead atoms. The van der Waals surface area contributed by atoms with Crippen molar-refractivity contribution in [1.82, 2.24) is 5.32 Å². The molecular weight excluding hydrogens is 261 g/mol. The zero-order valence-corrected chi connectivity index (χ0v) is 11.0. The summed E-state index contributed by atoms with van der Waals surface area (Å²) in [6.07, 6.45) is 0. The summed E-state index contributed by atoms with van der Waals surface area (Å²) in [5, 5.41) is 4.18. The molecule has 0 unspecified atom stereocenters. The average molecular weight is 277 g/mol. The maximum Gasteiger partial charge on any atom is 0.0548 e. The molecule has 1 N–H and O–H groups in total. The van der Waals surface area contributed by atoms with Crippen molar-refractivity contribution in [3.63, 3.8) is 0 Å². The normalized spacial score (nSPS) is 11.8. The molecule has 0 aromatic heterocycles. The molecule has 0 radical (unpaired) electrons. The highest BCUT2D eigenvalue weighted by Gasteiger charge is 2.08. The fourth-order valence-electron chi connectivity index (χ4n) is 1.02. The first-order chi connectivity index (χ1) is 6.38. The maximum atomic E-state index is 5.90. The van der Waals surface area contributed by atoms with E-state index in [1.165, 1.54) is 5.56 Å². The second kappa shape index (κ2) is 4.65. The van der Waals surface area contributed by atoms with Gasteiger partial charge in [-0.1, -0.05) is 17.7 Å². The minimum Gasteiger partial charge on any atom is -0.308 e. The van der Waals surface area contributed by atoms with E-state index in [0.29, 0.717) is 0 Å². The Bertz CT molecular complexity index is 318. The highest BCUT2D eigenvalue weighted by Crippen LogP contribution is 2.23. The molecule has 0 saturated carbocycles. The smallest absolute Gasteiger partial charge is 0.0548 e. The van der Waals surface area contributed by atoms with Crippen molar-refractivity contribution in [3.05, 3.63) is 33.3 Å². The third-order valence-corrected chi connectivity index (χ3v) is 3.02. The molecule has 0 aliphatic carbocycles. The minimum atomic E-state index is 0.145. The van der Waals surface area contributed by atoms with Crippen LogP contribution in [0.4, 0.5) is 0 Å². The molecular formula is C11H15BrClN. The van der Waals surface area contributed by atoms with Crippen molar-refractivity contribution in [2.75, 3.05) is 0 Å². The van der Waals surface area contributed by atoms with Crippen LogP contribution in [0.3, 0.4) is 0 Å². The molecule has 0 fully saturated rings. The van der Waals surface area contributed by atoms with Gasteiger partial charge < -0.3 is 5.32 Å². The summed E-state index contributed by atoms with van der Waals surface area (Å²) < 4.78 is 0.951. The Morgan fingerprint density at radius 3 is 2.50 bits per heavy atom. The number of halogens is 2. The van der Waals surface area contributed by atoms with Crippen molar-refractivity contribution >= 4 is 27.5 Å². The lowest BCUT2D eigenvalue weighted by Crippen LogP contribution is -2.35. The van der Waals surface area contributed by atoms with E-state index >= 15 is 0 Å². The molecule has 1 aromatic carbocycles. The molecule has 0 heterocycles. The topological polar surface area (TPSA) is 12.0 Å². The van der Waals surface area contributed by atoms with Crippen molar-refractivity contribution in [3.8, 4) is 0 Å². The van der Waals surface area contributed by atoms with E-state index in [0.717, 1.165) is 16.0 Å². The third-order valence-electron chi connectivity index (χ3n) is 1.81. The highest BCUT2D eigenvalue weighted by molar-refractivity contribution is 9.10. The second-order valence-corrected chi connectivity index (χ2v) is 5.61. The first-order valence-corrected chi connectivity index (χ1v) is 5.74. The molecule has 0 aliphatic heterocycles. The van der Waals surface area contributed by atoms with Crippen LogP contribution >= 0.6 is 27.5 Å². The molecule has 1 nitrogen and oxygen atoms in total. The van der Waals surface area contributed by atoms with Gasteiger partial charge in [-0.2, -0.15) is 0 Å². The Morgan fingerprint density at radius 2 is 2.00 bits per heavy atom. The predicted molar refractivity (Wildman–Crippen MR) is 65.7 cm³/mol. The summed E-state index contributed by atoms with van der Waals surface area (Å²) in [5.41, 5.74) is 1.38. The molecule has 0 aliphatic rings. The molecule has 0 amide bonds. The standard InChI is InChI=1S/C11H15BrClN/c1-11(2,3)14-7-8-4-5-10(13)9(12)6-8/h4-6,14H,7H2,1-3H3. The lowest BCUT2D eigenvalue weighted by Gasteiger charge is -2.20. The van der Waals surface area contributed by atoms with Crippen LogP contribution in [0.25, 0.3) is 0 Å². The predicted octanol–water partition coefficient (Wildman–Crippen LogP) is 3.99. The Balaban J connectivity index is 2.65. The van der Waals surface area contributed by atoms with Gasteiger partial charge in [-0.05, 0) is 54.4 Å². The fourth-order valence-corrected chi connectivity index (χ4v) is 1.56. The molecule has 78 valence electrons. The second-order valence-electron chi connectivity index (χ2n) is 4.35. The van der Waals surface area contributed by atoms with E-state index in [1.54, 1.807) is 0 Å². The van der Waals surface area contributed by atoms with Gasteiger partial charge in [0.25, 0.3) is 0 Å². The molecule has 0 atom stereocenters. The van der Waals surface area contributed by atoms with Crippen LogP contribution in [0, 0.1) is 0 Å². The van der Waals surface area contributed by atoms with Gasteiger partial charge >= 0.3 is 0 Å². The summed E-state index contributed by atoms with van der Waals surface area (Å²) in [6.45, 7) is 7.31. The van der Waals surface area contributed by atoms with Crippen LogP contribution in [0.2, 0.25) is 5.02 Å². The summed E-state index contributed by atoms with van der Waals surface area (Å²) >= 11 is 9.31.